The molecule has 0 radical (unpaired) electrons. The molecule has 0 aliphatic rings. The van der Waals surface area contributed by atoms with Gasteiger partial charge in [-0.3, -0.25) is 4.79 Å². The van der Waals surface area contributed by atoms with Gasteiger partial charge < -0.3 is 10.1 Å². The van der Waals surface area contributed by atoms with Crippen LogP contribution < -0.4 is 10.1 Å². The van der Waals surface area contributed by atoms with Crippen molar-refractivity contribution in [1.29, 1.82) is 0 Å². The molecule has 3 nitrogen and oxygen atoms in total. The van der Waals surface area contributed by atoms with E-state index >= 15 is 0 Å². The standard InChI is InChI=1S/C19H21NO2/c1-3-14-22-18-11-7-5-9-16(18)12-13-19(21)20-17-10-6-4-8-15(17)2/h4-13H,3,14H2,1-2H3,(H,20,21)/b13-12+. The highest BCUT2D eigenvalue weighted by atomic mass is 16.5. The van der Waals surface area contributed by atoms with Gasteiger partial charge in [-0.2, -0.15) is 0 Å². The van der Waals surface area contributed by atoms with Crippen LogP contribution in [0, 0.1) is 6.92 Å². The summed E-state index contributed by atoms with van der Waals surface area (Å²) in [6.45, 7) is 4.70. The van der Waals surface area contributed by atoms with Gasteiger partial charge in [0.2, 0.25) is 5.91 Å². The number of hydrogen-bond acceptors (Lipinski definition) is 2. The Kier molecular flexibility index (Phi) is 5.78. The number of amides is 1. The van der Waals surface area contributed by atoms with Crippen molar-refractivity contribution in [2.45, 2.75) is 20.3 Å². The first-order valence-electron chi connectivity index (χ1n) is 7.47. The fourth-order valence-electron chi connectivity index (χ4n) is 2.01. The van der Waals surface area contributed by atoms with E-state index in [0.717, 1.165) is 29.0 Å². The third-order valence-electron chi connectivity index (χ3n) is 3.20. The van der Waals surface area contributed by atoms with Crippen molar-refractivity contribution in [3.8, 4) is 5.75 Å². The normalized spacial score (nSPS) is 10.6. The van der Waals surface area contributed by atoms with Crippen LogP contribution >= 0.6 is 0 Å². The number of anilines is 1. The highest BCUT2D eigenvalue weighted by Gasteiger charge is 2.02. The van der Waals surface area contributed by atoms with Crippen LogP contribution in [0.1, 0.15) is 24.5 Å². The Morgan fingerprint density at radius 2 is 1.86 bits per heavy atom. The summed E-state index contributed by atoms with van der Waals surface area (Å²) in [5.74, 6) is 0.642. The molecule has 0 spiro atoms. The van der Waals surface area contributed by atoms with Crippen molar-refractivity contribution >= 4 is 17.7 Å². The van der Waals surface area contributed by atoms with Gasteiger partial charge in [-0.15, -0.1) is 0 Å². The number of carbonyl (C=O) groups is 1. The van der Waals surface area contributed by atoms with Crippen molar-refractivity contribution in [2.75, 3.05) is 11.9 Å². The van der Waals surface area contributed by atoms with Gasteiger partial charge in [-0.25, -0.2) is 0 Å². The molecule has 0 saturated carbocycles. The molecule has 1 amide bonds. The third kappa shape index (κ3) is 4.48. The van der Waals surface area contributed by atoms with E-state index in [9.17, 15) is 4.79 Å². The van der Waals surface area contributed by atoms with Crippen LogP contribution in [0.2, 0.25) is 0 Å². The summed E-state index contributed by atoms with van der Waals surface area (Å²) in [5, 5.41) is 2.88. The first-order chi connectivity index (χ1) is 10.7. The minimum atomic E-state index is -0.153. The predicted octanol–water partition coefficient (Wildman–Crippen LogP) is 4.44. The lowest BCUT2D eigenvalue weighted by Crippen LogP contribution is -2.08. The van der Waals surface area contributed by atoms with E-state index in [2.05, 4.69) is 12.2 Å². The maximum absolute atomic E-state index is 12.0. The van der Waals surface area contributed by atoms with Gasteiger partial charge in [0.05, 0.1) is 6.61 Å². The van der Waals surface area contributed by atoms with Crippen molar-refractivity contribution in [1.82, 2.24) is 0 Å². The molecule has 114 valence electrons. The Morgan fingerprint density at radius 3 is 2.64 bits per heavy atom. The summed E-state index contributed by atoms with van der Waals surface area (Å²) in [6, 6.07) is 15.4. The molecule has 0 saturated heterocycles. The lowest BCUT2D eigenvalue weighted by atomic mass is 10.1. The topological polar surface area (TPSA) is 38.3 Å². The van der Waals surface area contributed by atoms with Gasteiger partial charge in [0, 0.05) is 17.3 Å². The predicted molar refractivity (Wildman–Crippen MR) is 91.1 cm³/mol. The fraction of sp³-hybridized carbons (Fsp3) is 0.211. The van der Waals surface area contributed by atoms with Crippen molar-refractivity contribution in [3.05, 3.63) is 65.7 Å². The molecule has 0 aromatic heterocycles. The SMILES string of the molecule is CCCOc1ccccc1/C=C/C(=O)Nc1ccccc1C. The average Bonchev–Trinajstić information content (AvgIpc) is 2.54. The minimum Gasteiger partial charge on any atom is -0.493 e. The second kappa shape index (κ2) is 8.03. The second-order valence-corrected chi connectivity index (χ2v) is 5.02. The summed E-state index contributed by atoms with van der Waals surface area (Å²) < 4.78 is 5.67. The van der Waals surface area contributed by atoms with E-state index in [1.807, 2.05) is 55.5 Å². The molecule has 0 aliphatic heterocycles. The summed E-state index contributed by atoms with van der Waals surface area (Å²) in [7, 11) is 0. The number of hydrogen-bond donors (Lipinski definition) is 1. The molecule has 0 unspecified atom stereocenters. The van der Waals surface area contributed by atoms with Gasteiger partial charge >= 0.3 is 0 Å². The smallest absolute Gasteiger partial charge is 0.248 e. The molecule has 22 heavy (non-hydrogen) atoms. The van der Waals surface area contributed by atoms with E-state index in [1.54, 1.807) is 6.08 Å². The summed E-state index contributed by atoms with van der Waals surface area (Å²) >= 11 is 0. The van der Waals surface area contributed by atoms with Crippen molar-refractivity contribution < 1.29 is 9.53 Å². The van der Waals surface area contributed by atoms with Crippen molar-refractivity contribution in [2.24, 2.45) is 0 Å². The van der Waals surface area contributed by atoms with Gasteiger partial charge in [0.25, 0.3) is 0 Å². The first-order valence-corrected chi connectivity index (χ1v) is 7.47. The third-order valence-corrected chi connectivity index (χ3v) is 3.20. The number of carbonyl (C=O) groups excluding carboxylic acids is 1. The van der Waals surface area contributed by atoms with Crippen LogP contribution in [0.25, 0.3) is 6.08 Å². The lowest BCUT2D eigenvalue weighted by Gasteiger charge is -2.08. The zero-order valence-corrected chi connectivity index (χ0v) is 13.0. The Hall–Kier alpha value is -2.55. The van der Waals surface area contributed by atoms with E-state index in [-0.39, 0.29) is 5.91 Å². The zero-order valence-electron chi connectivity index (χ0n) is 13.0. The molecule has 0 atom stereocenters. The highest BCUT2D eigenvalue weighted by Crippen LogP contribution is 2.20. The van der Waals surface area contributed by atoms with Gasteiger partial charge in [-0.1, -0.05) is 43.3 Å². The van der Waals surface area contributed by atoms with Gasteiger partial charge in [0.15, 0.2) is 0 Å². The molecule has 0 bridgehead atoms. The average molecular weight is 295 g/mol. The van der Waals surface area contributed by atoms with E-state index in [4.69, 9.17) is 4.74 Å². The largest absolute Gasteiger partial charge is 0.493 e. The van der Waals surface area contributed by atoms with Gasteiger partial charge in [0.1, 0.15) is 5.75 Å². The molecule has 0 aliphatic carbocycles. The molecular formula is C19H21NO2. The maximum atomic E-state index is 12.0. The monoisotopic (exact) mass is 295 g/mol. The van der Waals surface area contributed by atoms with Crippen LogP contribution in [-0.2, 0) is 4.79 Å². The minimum absolute atomic E-state index is 0.153. The maximum Gasteiger partial charge on any atom is 0.248 e. The number of para-hydroxylation sites is 2. The number of aryl methyl sites for hydroxylation is 1. The molecule has 2 aromatic carbocycles. The lowest BCUT2D eigenvalue weighted by molar-refractivity contribution is -0.111. The molecular weight excluding hydrogens is 274 g/mol. The molecule has 2 rings (SSSR count). The van der Waals surface area contributed by atoms with Crippen LogP contribution in [-0.4, -0.2) is 12.5 Å². The molecule has 3 heteroatoms. The van der Waals surface area contributed by atoms with E-state index in [1.165, 1.54) is 6.08 Å². The number of nitrogens with one attached hydrogen (secondary N) is 1. The summed E-state index contributed by atoms with van der Waals surface area (Å²) in [5.41, 5.74) is 2.76. The zero-order chi connectivity index (χ0) is 15.8. The van der Waals surface area contributed by atoms with E-state index < -0.39 is 0 Å². The quantitative estimate of drug-likeness (QED) is 0.800. The first kappa shape index (κ1) is 15.8. The Bertz CT molecular complexity index is 662. The summed E-state index contributed by atoms with van der Waals surface area (Å²) in [4.78, 5) is 12.0. The van der Waals surface area contributed by atoms with Gasteiger partial charge in [-0.05, 0) is 37.1 Å². The molecule has 2 aromatic rings. The number of ether oxygens (including phenoxy) is 1. The molecule has 1 N–H and O–H groups in total. The molecule has 0 heterocycles. The second-order valence-electron chi connectivity index (χ2n) is 5.02. The van der Waals surface area contributed by atoms with Crippen LogP contribution in [0.4, 0.5) is 5.69 Å². The van der Waals surface area contributed by atoms with Crippen LogP contribution in [0.3, 0.4) is 0 Å². The van der Waals surface area contributed by atoms with Crippen molar-refractivity contribution in [3.63, 3.8) is 0 Å². The highest BCUT2D eigenvalue weighted by molar-refractivity contribution is 6.02. The Balaban J connectivity index is 2.05. The Labute approximate surface area is 131 Å². The van der Waals surface area contributed by atoms with E-state index in [0.29, 0.717) is 6.61 Å². The number of rotatable bonds is 6. The summed E-state index contributed by atoms with van der Waals surface area (Å²) in [6.07, 6.45) is 4.25. The fourth-order valence-corrected chi connectivity index (χ4v) is 2.01. The number of benzene rings is 2. The Morgan fingerprint density at radius 1 is 1.14 bits per heavy atom. The molecule has 0 fully saturated rings. The van der Waals surface area contributed by atoms with Crippen LogP contribution in [0.5, 0.6) is 5.75 Å². The van der Waals surface area contributed by atoms with Crippen LogP contribution in [0.15, 0.2) is 54.6 Å².